The number of H-pyrrole nitrogens is 1. The van der Waals surface area contributed by atoms with Gasteiger partial charge in [-0.2, -0.15) is 0 Å². The Balaban J connectivity index is 1.73. The molecule has 0 radical (unpaired) electrons. The van der Waals surface area contributed by atoms with E-state index in [1.807, 2.05) is 13.0 Å². The second-order valence-electron chi connectivity index (χ2n) is 7.81. The molecule has 1 aromatic heterocycles. The van der Waals surface area contributed by atoms with Crippen LogP contribution in [0.25, 0.3) is 10.9 Å². The van der Waals surface area contributed by atoms with E-state index in [4.69, 9.17) is 4.74 Å². The highest BCUT2D eigenvalue weighted by molar-refractivity contribution is 5.86. The third kappa shape index (κ3) is 1.75. The lowest BCUT2D eigenvalue weighted by Gasteiger charge is -2.62. The van der Waals surface area contributed by atoms with Crippen molar-refractivity contribution in [2.75, 3.05) is 20.3 Å². The van der Waals surface area contributed by atoms with Crippen molar-refractivity contribution in [3.63, 3.8) is 0 Å². The molecule has 6 rings (SSSR count). The smallest absolute Gasteiger partial charge is 0.316 e. The van der Waals surface area contributed by atoms with Crippen molar-refractivity contribution in [1.29, 1.82) is 0 Å². The van der Waals surface area contributed by atoms with Crippen molar-refractivity contribution in [3.8, 4) is 0 Å². The molecule has 5 nitrogen and oxygen atoms in total. The normalized spacial score (nSPS) is 36.3. The maximum atomic E-state index is 12.9. The summed E-state index contributed by atoms with van der Waals surface area (Å²) in [7, 11) is 1.43. The number of aromatic amines is 1. The van der Waals surface area contributed by atoms with Crippen molar-refractivity contribution in [3.05, 3.63) is 47.2 Å². The molecule has 5 heterocycles. The number of esters is 1. The summed E-state index contributed by atoms with van der Waals surface area (Å²) in [5, 5.41) is 11.7. The molecule has 1 unspecified atom stereocenters. The van der Waals surface area contributed by atoms with Crippen LogP contribution in [-0.4, -0.2) is 47.3 Å². The van der Waals surface area contributed by atoms with Gasteiger partial charge in [-0.05, 0) is 31.4 Å². The fraction of sp³-hybridized carbons (Fsp3) is 0.476. The molecule has 1 aromatic carbocycles. The van der Waals surface area contributed by atoms with Crippen LogP contribution in [0.2, 0.25) is 0 Å². The summed E-state index contributed by atoms with van der Waals surface area (Å²) < 4.78 is 5.22. The molecule has 0 amide bonds. The number of piperidine rings is 3. The number of para-hydroxylation sites is 1. The van der Waals surface area contributed by atoms with Crippen LogP contribution >= 0.6 is 0 Å². The van der Waals surface area contributed by atoms with Crippen molar-refractivity contribution in [2.45, 2.75) is 31.8 Å². The summed E-state index contributed by atoms with van der Waals surface area (Å²) in [5.41, 5.74) is 4.12. The maximum Gasteiger partial charge on any atom is 0.316 e. The molecule has 5 heteroatoms. The monoisotopic (exact) mass is 352 g/mol. The zero-order valence-corrected chi connectivity index (χ0v) is 15.2. The summed E-state index contributed by atoms with van der Waals surface area (Å²) in [5.74, 6) is -0.245. The number of hydrogen-bond acceptors (Lipinski definition) is 4. The van der Waals surface area contributed by atoms with E-state index < -0.39 is 5.41 Å². The number of aliphatic hydroxyl groups excluding tert-OH is 1. The summed E-state index contributed by atoms with van der Waals surface area (Å²) in [4.78, 5) is 19.0. The number of aliphatic hydroxyl groups is 1. The van der Waals surface area contributed by atoms with Gasteiger partial charge in [-0.25, -0.2) is 0 Å². The Labute approximate surface area is 152 Å². The van der Waals surface area contributed by atoms with Crippen molar-refractivity contribution in [2.24, 2.45) is 11.3 Å². The van der Waals surface area contributed by atoms with Crippen molar-refractivity contribution < 1.29 is 14.6 Å². The third-order valence-electron chi connectivity index (χ3n) is 7.06. The van der Waals surface area contributed by atoms with E-state index in [-0.39, 0.29) is 30.6 Å². The Kier molecular flexibility index (Phi) is 3.37. The number of ether oxygens (including phenoxy) is 1. The maximum absolute atomic E-state index is 12.9. The lowest BCUT2D eigenvalue weighted by Crippen LogP contribution is -2.69. The highest BCUT2D eigenvalue weighted by Crippen LogP contribution is 2.59. The van der Waals surface area contributed by atoms with Gasteiger partial charge in [0.2, 0.25) is 0 Å². The van der Waals surface area contributed by atoms with Crippen LogP contribution in [0.5, 0.6) is 0 Å². The molecule has 136 valence electrons. The first kappa shape index (κ1) is 16.1. The Morgan fingerprint density at radius 2 is 2.27 bits per heavy atom. The minimum absolute atomic E-state index is 0.0286. The van der Waals surface area contributed by atoms with Gasteiger partial charge in [0, 0.05) is 35.1 Å². The molecule has 3 saturated heterocycles. The Morgan fingerprint density at radius 1 is 1.46 bits per heavy atom. The number of aromatic nitrogens is 1. The number of carbonyl (C=O) groups is 1. The zero-order valence-electron chi connectivity index (χ0n) is 15.2. The van der Waals surface area contributed by atoms with E-state index >= 15 is 0 Å². The highest BCUT2D eigenvalue weighted by Gasteiger charge is 2.64. The SMILES string of the molecule is CC=C1CN2[C@H]3Cc4c([nH]c5ccccc45)[C@@H]2C[C@@H]1[C@]3(CO)C(=O)OC. The lowest BCUT2D eigenvalue weighted by molar-refractivity contribution is -0.183. The number of benzene rings is 1. The molecule has 2 N–H and O–H groups in total. The summed E-state index contributed by atoms with van der Waals surface area (Å²) >= 11 is 0. The molecular formula is C21H24N2O3. The molecule has 5 atom stereocenters. The fourth-order valence-corrected chi connectivity index (χ4v) is 5.88. The molecule has 4 aliphatic rings. The van der Waals surface area contributed by atoms with Gasteiger partial charge in [-0.3, -0.25) is 9.69 Å². The van der Waals surface area contributed by atoms with E-state index in [9.17, 15) is 9.90 Å². The molecular weight excluding hydrogens is 328 g/mol. The summed E-state index contributed by atoms with van der Waals surface area (Å²) in [6.07, 6.45) is 3.72. The van der Waals surface area contributed by atoms with Crippen molar-refractivity contribution >= 4 is 16.9 Å². The van der Waals surface area contributed by atoms with E-state index in [1.54, 1.807) is 0 Å². The lowest BCUT2D eigenvalue weighted by atomic mass is 9.55. The van der Waals surface area contributed by atoms with Gasteiger partial charge >= 0.3 is 5.97 Å². The number of fused-ring (bicyclic) bond motifs is 4. The topological polar surface area (TPSA) is 65.6 Å². The molecule has 26 heavy (non-hydrogen) atoms. The van der Waals surface area contributed by atoms with Gasteiger partial charge < -0.3 is 14.8 Å². The van der Waals surface area contributed by atoms with E-state index in [1.165, 1.54) is 29.3 Å². The largest absolute Gasteiger partial charge is 0.468 e. The van der Waals surface area contributed by atoms with Gasteiger partial charge in [0.25, 0.3) is 0 Å². The zero-order chi connectivity index (χ0) is 18.1. The third-order valence-corrected chi connectivity index (χ3v) is 7.06. The number of allylic oxidation sites excluding steroid dienone is 1. The Hall–Kier alpha value is -2.11. The average Bonchev–Trinajstić information content (AvgIpc) is 3.06. The van der Waals surface area contributed by atoms with Gasteiger partial charge in [-0.1, -0.05) is 29.8 Å². The molecule has 2 aromatic rings. The van der Waals surface area contributed by atoms with Crippen LogP contribution in [-0.2, 0) is 16.0 Å². The van der Waals surface area contributed by atoms with E-state index in [0.29, 0.717) is 0 Å². The Bertz CT molecular complexity index is 930. The quantitative estimate of drug-likeness (QED) is 0.644. The summed E-state index contributed by atoms with van der Waals surface area (Å²) in [6, 6.07) is 8.61. The number of hydrogen-bond donors (Lipinski definition) is 2. The molecule has 0 spiro atoms. The molecule has 4 bridgehead atoms. The van der Waals surface area contributed by atoms with Crippen molar-refractivity contribution in [1.82, 2.24) is 9.88 Å². The minimum atomic E-state index is -0.874. The minimum Gasteiger partial charge on any atom is -0.468 e. The first-order chi connectivity index (χ1) is 12.7. The average molecular weight is 352 g/mol. The second-order valence-corrected chi connectivity index (χ2v) is 7.81. The second kappa shape index (κ2) is 5.44. The van der Waals surface area contributed by atoms with Gasteiger partial charge in [-0.15, -0.1) is 0 Å². The molecule has 3 fully saturated rings. The van der Waals surface area contributed by atoms with Crippen LogP contribution in [0.1, 0.15) is 30.6 Å². The predicted octanol–water partition coefficient (Wildman–Crippen LogP) is 2.57. The van der Waals surface area contributed by atoms with E-state index in [2.05, 4.69) is 34.2 Å². The number of methoxy groups -OCH3 is 1. The molecule has 4 aliphatic heterocycles. The number of carbonyl (C=O) groups excluding carboxylic acids is 1. The highest BCUT2D eigenvalue weighted by atomic mass is 16.5. The summed E-state index contributed by atoms with van der Waals surface area (Å²) in [6.45, 7) is 2.72. The number of nitrogens with one attached hydrogen (secondary N) is 1. The first-order valence-corrected chi connectivity index (χ1v) is 9.35. The van der Waals surface area contributed by atoms with E-state index in [0.717, 1.165) is 24.9 Å². The van der Waals surface area contributed by atoms with Crippen LogP contribution < -0.4 is 0 Å². The fourth-order valence-electron chi connectivity index (χ4n) is 5.88. The standard InChI is InChI=1S/C21H24N2O3/c1-3-12-10-23-17-9-15(12)21(11-24,20(25)26-2)18(23)8-14-13-6-4-5-7-16(13)22-19(14)17/h3-7,15,17-18,22,24H,8-11H2,1-2H3/t15-,17-,18-,21-/m0/s1. The van der Waals surface area contributed by atoms with Gasteiger partial charge in [0.05, 0.1) is 19.8 Å². The van der Waals surface area contributed by atoms with Crippen LogP contribution in [0.4, 0.5) is 0 Å². The van der Waals surface area contributed by atoms with Crippen LogP contribution in [0, 0.1) is 11.3 Å². The van der Waals surface area contributed by atoms with Crippen LogP contribution in [0.15, 0.2) is 35.9 Å². The molecule has 0 aliphatic carbocycles. The first-order valence-electron chi connectivity index (χ1n) is 9.35. The molecule has 0 saturated carbocycles. The van der Waals surface area contributed by atoms with Crippen LogP contribution in [0.3, 0.4) is 0 Å². The van der Waals surface area contributed by atoms with Gasteiger partial charge in [0.1, 0.15) is 5.41 Å². The predicted molar refractivity (Wildman–Crippen MR) is 98.6 cm³/mol. The van der Waals surface area contributed by atoms with Gasteiger partial charge in [0.15, 0.2) is 0 Å². The Morgan fingerprint density at radius 3 is 3.00 bits per heavy atom. The number of nitrogens with zero attached hydrogens (tertiary/aromatic N) is 1. The number of rotatable bonds is 2.